The summed E-state index contributed by atoms with van der Waals surface area (Å²) in [6.07, 6.45) is 0.223. The predicted molar refractivity (Wildman–Crippen MR) is 115 cm³/mol. The first kappa shape index (κ1) is 22.3. The molecule has 2 rings (SSSR count). The number of carbonyl (C=O) groups is 2. The van der Waals surface area contributed by atoms with Crippen LogP contribution in [0.4, 0.5) is 0 Å². The van der Waals surface area contributed by atoms with Gasteiger partial charge in [-0.1, -0.05) is 67.4 Å². The Morgan fingerprint density at radius 1 is 1.04 bits per heavy atom. The Labute approximate surface area is 176 Å². The molecule has 6 heteroatoms. The zero-order chi connectivity index (χ0) is 20.7. The summed E-state index contributed by atoms with van der Waals surface area (Å²) >= 11 is 12.1. The standard InChI is InChI=1S/C22H26Cl2N2O2/c1-15(2)14-26(22(28)19-10-9-18(23)13-20(19)24)12-11-21(27)25-16(3)17-7-5-4-6-8-17/h4-10,13,15-16H,11-12,14H2,1-3H3,(H,25,27). The summed E-state index contributed by atoms with van der Waals surface area (Å²) in [5, 5.41) is 3.77. The third-order valence-electron chi connectivity index (χ3n) is 4.32. The Morgan fingerprint density at radius 3 is 2.32 bits per heavy atom. The molecule has 0 aliphatic rings. The summed E-state index contributed by atoms with van der Waals surface area (Å²) in [5.41, 5.74) is 1.43. The number of nitrogens with one attached hydrogen (secondary N) is 1. The molecule has 0 saturated heterocycles. The van der Waals surface area contributed by atoms with Crippen LogP contribution >= 0.6 is 23.2 Å². The molecule has 0 aromatic heterocycles. The van der Waals surface area contributed by atoms with Gasteiger partial charge >= 0.3 is 0 Å². The molecule has 0 saturated carbocycles. The van der Waals surface area contributed by atoms with Crippen molar-refractivity contribution in [3.05, 3.63) is 69.7 Å². The Kier molecular flexibility index (Phi) is 8.34. The zero-order valence-corrected chi connectivity index (χ0v) is 17.9. The summed E-state index contributed by atoms with van der Waals surface area (Å²) in [4.78, 5) is 27.0. The number of hydrogen-bond donors (Lipinski definition) is 1. The quantitative estimate of drug-likeness (QED) is 0.624. The van der Waals surface area contributed by atoms with E-state index in [1.54, 1.807) is 23.1 Å². The molecule has 28 heavy (non-hydrogen) atoms. The highest BCUT2D eigenvalue weighted by molar-refractivity contribution is 6.36. The Morgan fingerprint density at radius 2 is 1.71 bits per heavy atom. The fraction of sp³-hybridized carbons (Fsp3) is 0.364. The minimum Gasteiger partial charge on any atom is -0.350 e. The van der Waals surface area contributed by atoms with E-state index in [-0.39, 0.29) is 30.2 Å². The molecule has 0 spiro atoms. The summed E-state index contributed by atoms with van der Waals surface area (Å²) in [6.45, 7) is 6.86. The van der Waals surface area contributed by atoms with Gasteiger partial charge in [-0.3, -0.25) is 9.59 Å². The largest absolute Gasteiger partial charge is 0.350 e. The van der Waals surface area contributed by atoms with Gasteiger partial charge in [-0.25, -0.2) is 0 Å². The predicted octanol–water partition coefficient (Wildman–Crippen LogP) is 5.36. The number of carbonyl (C=O) groups excluding carboxylic acids is 2. The Bertz CT molecular complexity index is 809. The van der Waals surface area contributed by atoms with E-state index in [9.17, 15) is 9.59 Å². The summed E-state index contributed by atoms with van der Waals surface area (Å²) in [5.74, 6) is -0.0271. The smallest absolute Gasteiger partial charge is 0.255 e. The molecule has 0 aliphatic carbocycles. The van der Waals surface area contributed by atoms with Gasteiger partial charge in [-0.2, -0.15) is 0 Å². The van der Waals surface area contributed by atoms with Crippen LogP contribution in [0.1, 0.15) is 49.2 Å². The lowest BCUT2D eigenvalue weighted by Gasteiger charge is -2.25. The minimum atomic E-state index is -0.195. The van der Waals surface area contributed by atoms with Crippen molar-refractivity contribution in [3.8, 4) is 0 Å². The molecule has 0 fully saturated rings. The lowest BCUT2D eigenvalue weighted by atomic mass is 10.1. The molecule has 0 heterocycles. The van der Waals surface area contributed by atoms with Gasteiger partial charge in [0.05, 0.1) is 16.6 Å². The molecule has 2 amide bonds. The van der Waals surface area contributed by atoms with E-state index in [0.717, 1.165) is 5.56 Å². The van der Waals surface area contributed by atoms with E-state index >= 15 is 0 Å². The van der Waals surface area contributed by atoms with Crippen LogP contribution in [0.15, 0.2) is 48.5 Å². The molecule has 0 aliphatic heterocycles. The minimum absolute atomic E-state index is 0.0892. The maximum absolute atomic E-state index is 12.9. The molecule has 1 unspecified atom stereocenters. The van der Waals surface area contributed by atoms with Crippen LogP contribution < -0.4 is 5.32 Å². The first-order chi connectivity index (χ1) is 13.3. The van der Waals surface area contributed by atoms with Crippen molar-refractivity contribution in [2.24, 2.45) is 5.92 Å². The topological polar surface area (TPSA) is 49.4 Å². The van der Waals surface area contributed by atoms with Crippen molar-refractivity contribution < 1.29 is 9.59 Å². The average Bonchev–Trinajstić information content (AvgIpc) is 2.65. The van der Waals surface area contributed by atoms with E-state index in [2.05, 4.69) is 5.32 Å². The normalized spacial score (nSPS) is 11.9. The van der Waals surface area contributed by atoms with Crippen molar-refractivity contribution >= 4 is 35.0 Å². The van der Waals surface area contributed by atoms with Crippen molar-refractivity contribution in [1.29, 1.82) is 0 Å². The van der Waals surface area contributed by atoms with Crippen LogP contribution in [-0.4, -0.2) is 29.8 Å². The number of nitrogens with zero attached hydrogens (tertiary/aromatic N) is 1. The molecule has 0 radical (unpaired) electrons. The summed E-state index contributed by atoms with van der Waals surface area (Å²) < 4.78 is 0. The van der Waals surface area contributed by atoms with Crippen molar-refractivity contribution in [3.63, 3.8) is 0 Å². The van der Waals surface area contributed by atoms with E-state index in [1.165, 1.54) is 0 Å². The van der Waals surface area contributed by atoms with Gasteiger partial charge in [0.15, 0.2) is 0 Å². The van der Waals surface area contributed by atoms with Crippen LogP contribution in [0.3, 0.4) is 0 Å². The number of halogens is 2. The molecular formula is C22H26Cl2N2O2. The molecule has 150 valence electrons. The number of hydrogen-bond acceptors (Lipinski definition) is 2. The highest BCUT2D eigenvalue weighted by Gasteiger charge is 2.21. The lowest BCUT2D eigenvalue weighted by molar-refractivity contribution is -0.121. The Balaban J connectivity index is 2.01. The third-order valence-corrected chi connectivity index (χ3v) is 4.87. The van der Waals surface area contributed by atoms with Crippen LogP contribution in [0.2, 0.25) is 10.0 Å². The van der Waals surface area contributed by atoms with Crippen LogP contribution in [-0.2, 0) is 4.79 Å². The van der Waals surface area contributed by atoms with Crippen LogP contribution in [0.25, 0.3) is 0 Å². The van der Waals surface area contributed by atoms with Crippen molar-refractivity contribution in [1.82, 2.24) is 10.2 Å². The maximum atomic E-state index is 12.9. The second kappa shape index (κ2) is 10.5. The van der Waals surface area contributed by atoms with Crippen molar-refractivity contribution in [2.45, 2.75) is 33.2 Å². The van der Waals surface area contributed by atoms with E-state index < -0.39 is 0 Å². The average molecular weight is 421 g/mol. The van der Waals surface area contributed by atoms with Gasteiger partial charge in [0, 0.05) is 24.5 Å². The molecule has 2 aromatic rings. The number of rotatable bonds is 8. The highest BCUT2D eigenvalue weighted by atomic mass is 35.5. The lowest BCUT2D eigenvalue weighted by Crippen LogP contribution is -2.38. The Hall–Kier alpha value is -2.04. The van der Waals surface area contributed by atoms with E-state index in [0.29, 0.717) is 28.7 Å². The van der Waals surface area contributed by atoms with E-state index in [1.807, 2.05) is 51.1 Å². The second-order valence-electron chi connectivity index (χ2n) is 7.22. The fourth-order valence-corrected chi connectivity index (χ4v) is 3.41. The fourth-order valence-electron chi connectivity index (χ4n) is 2.92. The first-order valence-electron chi connectivity index (χ1n) is 9.36. The molecule has 1 N–H and O–H groups in total. The van der Waals surface area contributed by atoms with Gasteiger partial charge in [0.25, 0.3) is 5.91 Å². The second-order valence-corrected chi connectivity index (χ2v) is 8.06. The zero-order valence-electron chi connectivity index (χ0n) is 16.4. The summed E-state index contributed by atoms with van der Waals surface area (Å²) in [7, 11) is 0. The maximum Gasteiger partial charge on any atom is 0.255 e. The molecule has 0 bridgehead atoms. The van der Waals surface area contributed by atoms with Crippen LogP contribution in [0, 0.1) is 5.92 Å². The van der Waals surface area contributed by atoms with Gasteiger partial charge in [-0.05, 0) is 36.6 Å². The first-order valence-corrected chi connectivity index (χ1v) is 10.1. The number of benzene rings is 2. The molecule has 1 atom stereocenters. The molecule has 2 aromatic carbocycles. The molecular weight excluding hydrogens is 395 g/mol. The van der Waals surface area contributed by atoms with Gasteiger partial charge in [-0.15, -0.1) is 0 Å². The van der Waals surface area contributed by atoms with Crippen molar-refractivity contribution in [2.75, 3.05) is 13.1 Å². The monoisotopic (exact) mass is 420 g/mol. The summed E-state index contributed by atoms with van der Waals surface area (Å²) in [6, 6.07) is 14.5. The SMILES string of the molecule is CC(C)CN(CCC(=O)NC(C)c1ccccc1)C(=O)c1ccc(Cl)cc1Cl. The van der Waals surface area contributed by atoms with Gasteiger partial charge in [0.2, 0.25) is 5.91 Å². The van der Waals surface area contributed by atoms with Crippen LogP contribution in [0.5, 0.6) is 0 Å². The third kappa shape index (κ3) is 6.54. The highest BCUT2D eigenvalue weighted by Crippen LogP contribution is 2.23. The molecule has 4 nitrogen and oxygen atoms in total. The van der Waals surface area contributed by atoms with Gasteiger partial charge in [0.1, 0.15) is 0 Å². The number of amides is 2. The van der Waals surface area contributed by atoms with Gasteiger partial charge < -0.3 is 10.2 Å². The van der Waals surface area contributed by atoms with E-state index in [4.69, 9.17) is 23.2 Å².